The zero-order chi connectivity index (χ0) is 20.1. The standard InChI is InChI=1S/C21H28BrN5O/c1-14-12-16(6-9-18(14)22)20(28)24-13-15-4-7-17(8-5-15)25-21-23-11-10-19(26-21)27(2)3/h6,9-12,15,17H,4-5,7-8,13H2,1-3H3,(H,24,28)(H,23,25,26)/t15-,17+. The van der Waals surface area contributed by atoms with Crippen molar-refractivity contribution in [3.63, 3.8) is 0 Å². The number of hydrogen-bond acceptors (Lipinski definition) is 5. The van der Waals surface area contributed by atoms with Crippen LogP contribution in [0.5, 0.6) is 0 Å². The molecule has 6 nitrogen and oxygen atoms in total. The number of carbonyl (C=O) groups is 1. The van der Waals surface area contributed by atoms with Gasteiger partial charge in [0.25, 0.3) is 5.91 Å². The Morgan fingerprint density at radius 1 is 1.21 bits per heavy atom. The summed E-state index contributed by atoms with van der Waals surface area (Å²) >= 11 is 3.47. The molecule has 1 aromatic heterocycles. The van der Waals surface area contributed by atoms with Gasteiger partial charge in [0.05, 0.1) is 0 Å². The van der Waals surface area contributed by atoms with Crippen LogP contribution < -0.4 is 15.5 Å². The number of aromatic nitrogens is 2. The van der Waals surface area contributed by atoms with Gasteiger partial charge < -0.3 is 15.5 Å². The van der Waals surface area contributed by atoms with Crippen LogP contribution >= 0.6 is 15.9 Å². The lowest BCUT2D eigenvalue weighted by Crippen LogP contribution is -2.34. The van der Waals surface area contributed by atoms with Gasteiger partial charge in [-0.15, -0.1) is 0 Å². The van der Waals surface area contributed by atoms with E-state index in [1.54, 1.807) is 6.20 Å². The summed E-state index contributed by atoms with van der Waals surface area (Å²) in [5.74, 6) is 2.11. The van der Waals surface area contributed by atoms with Crippen LogP contribution in [0.15, 0.2) is 34.9 Å². The highest BCUT2D eigenvalue weighted by Crippen LogP contribution is 2.26. The highest BCUT2D eigenvalue weighted by molar-refractivity contribution is 9.10. The van der Waals surface area contributed by atoms with Crippen LogP contribution in [-0.4, -0.2) is 42.6 Å². The number of aryl methyl sites for hydroxylation is 1. The van der Waals surface area contributed by atoms with E-state index >= 15 is 0 Å². The monoisotopic (exact) mass is 445 g/mol. The molecule has 2 N–H and O–H groups in total. The van der Waals surface area contributed by atoms with E-state index in [4.69, 9.17) is 0 Å². The number of amides is 1. The Morgan fingerprint density at radius 2 is 1.96 bits per heavy atom. The quantitative estimate of drug-likeness (QED) is 0.702. The molecule has 0 unspecified atom stereocenters. The zero-order valence-corrected chi connectivity index (χ0v) is 18.3. The highest BCUT2D eigenvalue weighted by Gasteiger charge is 2.22. The van der Waals surface area contributed by atoms with Crippen LogP contribution in [0.3, 0.4) is 0 Å². The van der Waals surface area contributed by atoms with Crippen LogP contribution in [0.25, 0.3) is 0 Å². The Morgan fingerprint density at radius 3 is 2.64 bits per heavy atom. The second-order valence-corrected chi connectivity index (χ2v) is 8.52. The molecule has 7 heteroatoms. The summed E-state index contributed by atoms with van der Waals surface area (Å²) in [6.45, 7) is 2.72. The number of hydrogen-bond donors (Lipinski definition) is 2. The van der Waals surface area contributed by atoms with Crippen molar-refractivity contribution >= 4 is 33.6 Å². The average molecular weight is 446 g/mol. The maximum atomic E-state index is 12.4. The van der Waals surface area contributed by atoms with Gasteiger partial charge in [0.1, 0.15) is 5.82 Å². The number of halogens is 1. The fourth-order valence-corrected chi connectivity index (χ4v) is 3.73. The van der Waals surface area contributed by atoms with E-state index < -0.39 is 0 Å². The molecule has 0 saturated heterocycles. The summed E-state index contributed by atoms with van der Waals surface area (Å²) < 4.78 is 1.02. The highest BCUT2D eigenvalue weighted by atomic mass is 79.9. The Labute approximate surface area is 175 Å². The minimum absolute atomic E-state index is 0.00440. The van der Waals surface area contributed by atoms with Gasteiger partial charge in [-0.1, -0.05) is 15.9 Å². The molecule has 150 valence electrons. The lowest BCUT2D eigenvalue weighted by atomic mass is 9.86. The Balaban J connectivity index is 1.44. The summed E-state index contributed by atoms with van der Waals surface area (Å²) in [7, 11) is 3.95. The molecule has 0 atom stereocenters. The molecule has 1 saturated carbocycles. The second-order valence-electron chi connectivity index (χ2n) is 7.67. The largest absolute Gasteiger partial charge is 0.363 e. The molecule has 28 heavy (non-hydrogen) atoms. The number of nitrogens with one attached hydrogen (secondary N) is 2. The van der Waals surface area contributed by atoms with E-state index in [2.05, 4.69) is 36.5 Å². The first-order valence-electron chi connectivity index (χ1n) is 9.73. The van der Waals surface area contributed by atoms with Gasteiger partial charge in [0, 0.05) is 42.9 Å². The van der Waals surface area contributed by atoms with E-state index in [9.17, 15) is 4.79 Å². The molecule has 3 rings (SSSR count). The van der Waals surface area contributed by atoms with Gasteiger partial charge in [-0.2, -0.15) is 4.98 Å². The SMILES string of the molecule is Cc1cc(C(=O)NC[C@H]2CC[C@@H](Nc3nccc(N(C)C)n3)CC2)ccc1Br. The Kier molecular flexibility index (Phi) is 6.88. The van der Waals surface area contributed by atoms with E-state index in [1.165, 1.54) is 0 Å². The normalized spacial score (nSPS) is 19.1. The maximum Gasteiger partial charge on any atom is 0.251 e. The first-order chi connectivity index (χ1) is 13.4. The van der Waals surface area contributed by atoms with Crippen molar-refractivity contribution in [1.29, 1.82) is 0 Å². The fraction of sp³-hybridized carbons (Fsp3) is 0.476. The third kappa shape index (κ3) is 5.44. The van der Waals surface area contributed by atoms with Crippen molar-refractivity contribution in [1.82, 2.24) is 15.3 Å². The molecule has 0 spiro atoms. The third-order valence-corrected chi connectivity index (χ3v) is 6.14. The number of carbonyl (C=O) groups excluding carboxylic acids is 1. The van der Waals surface area contributed by atoms with Crippen molar-refractivity contribution in [2.45, 2.75) is 38.6 Å². The summed E-state index contributed by atoms with van der Waals surface area (Å²) in [6, 6.07) is 7.99. The molecular weight excluding hydrogens is 418 g/mol. The Hall–Kier alpha value is -2.15. The Bertz CT molecular complexity index is 818. The summed E-state index contributed by atoms with van der Waals surface area (Å²) in [6.07, 6.45) is 6.09. The predicted molar refractivity (Wildman–Crippen MR) is 117 cm³/mol. The molecule has 1 heterocycles. The van der Waals surface area contributed by atoms with Crippen molar-refractivity contribution < 1.29 is 4.79 Å². The summed E-state index contributed by atoms with van der Waals surface area (Å²) in [5, 5.41) is 6.55. The number of benzene rings is 1. The van der Waals surface area contributed by atoms with E-state index in [0.717, 1.165) is 48.1 Å². The summed E-state index contributed by atoms with van der Waals surface area (Å²) in [4.78, 5) is 23.2. The molecule has 1 amide bonds. The number of anilines is 2. The van der Waals surface area contributed by atoms with Crippen molar-refractivity contribution in [2.24, 2.45) is 5.92 Å². The van der Waals surface area contributed by atoms with Crippen LogP contribution in [0.1, 0.15) is 41.6 Å². The van der Waals surface area contributed by atoms with E-state index in [-0.39, 0.29) is 5.91 Å². The van der Waals surface area contributed by atoms with Crippen LogP contribution in [0.2, 0.25) is 0 Å². The topological polar surface area (TPSA) is 70.2 Å². The van der Waals surface area contributed by atoms with E-state index in [1.807, 2.05) is 50.2 Å². The molecule has 0 aliphatic heterocycles. The number of nitrogens with zero attached hydrogens (tertiary/aromatic N) is 3. The fourth-order valence-electron chi connectivity index (χ4n) is 3.49. The summed E-state index contributed by atoms with van der Waals surface area (Å²) in [5.41, 5.74) is 1.79. The van der Waals surface area contributed by atoms with Crippen molar-refractivity contribution in [3.8, 4) is 0 Å². The molecule has 0 radical (unpaired) electrons. The third-order valence-electron chi connectivity index (χ3n) is 5.25. The van der Waals surface area contributed by atoms with Gasteiger partial charge in [-0.3, -0.25) is 4.79 Å². The molecule has 2 aromatic rings. The van der Waals surface area contributed by atoms with Crippen molar-refractivity contribution in [2.75, 3.05) is 30.9 Å². The lowest BCUT2D eigenvalue weighted by Gasteiger charge is -2.29. The second kappa shape index (κ2) is 9.37. The molecule has 1 aliphatic carbocycles. The van der Waals surface area contributed by atoms with Gasteiger partial charge in [-0.25, -0.2) is 4.98 Å². The lowest BCUT2D eigenvalue weighted by molar-refractivity contribution is 0.0943. The minimum Gasteiger partial charge on any atom is -0.363 e. The van der Waals surface area contributed by atoms with Gasteiger partial charge >= 0.3 is 0 Å². The van der Waals surface area contributed by atoms with Gasteiger partial charge in [-0.05, 0) is 68.4 Å². The van der Waals surface area contributed by atoms with Gasteiger partial charge in [0.15, 0.2) is 0 Å². The van der Waals surface area contributed by atoms with E-state index in [0.29, 0.717) is 23.5 Å². The first-order valence-corrected chi connectivity index (χ1v) is 10.5. The number of rotatable bonds is 6. The van der Waals surface area contributed by atoms with Crippen LogP contribution in [0, 0.1) is 12.8 Å². The van der Waals surface area contributed by atoms with Gasteiger partial charge in [0.2, 0.25) is 5.95 Å². The maximum absolute atomic E-state index is 12.4. The zero-order valence-electron chi connectivity index (χ0n) is 16.7. The van der Waals surface area contributed by atoms with Crippen LogP contribution in [0.4, 0.5) is 11.8 Å². The molecule has 1 fully saturated rings. The minimum atomic E-state index is 0.00440. The van der Waals surface area contributed by atoms with Crippen molar-refractivity contribution in [3.05, 3.63) is 46.1 Å². The average Bonchev–Trinajstić information content (AvgIpc) is 2.69. The first kappa shape index (κ1) is 20.6. The molecule has 1 aromatic carbocycles. The molecular formula is C21H28BrN5O. The predicted octanol–water partition coefficient (Wildman–Crippen LogP) is 4.01. The molecule has 1 aliphatic rings. The van der Waals surface area contributed by atoms with Crippen LogP contribution in [-0.2, 0) is 0 Å². The smallest absolute Gasteiger partial charge is 0.251 e. The molecule has 0 bridgehead atoms.